The summed E-state index contributed by atoms with van der Waals surface area (Å²) in [7, 11) is -2.36. The van der Waals surface area contributed by atoms with Crippen LogP contribution < -0.4 is 4.72 Å². The number of hydrogen-bond donors (Lipinski definition) is 1. The van der Waals surface area contributed by atoms with Crippen molar-refractivity contribution in [1.29, 1.82) is 0 Å². The highest BCUT2D eigenvalue weighted by Gasteiger charge is 2.12. The monoisotopic (exact) mass is 181 g/mol. The molecule has 0 aromatic rings. The molecule has 0 saturated heterocycles. The van der Waals surface area contributed by atoms with E-state index >= 15 is 0 Å². The minimum absolute atomic E-state index is 0.0674. The molecule has 66 valence electrons. The molecular weight excluding hydrogens is 170 g/mol. The molecule has 0 rings (SSSR count). The lowest BCUT2D eigenvalue weighted by Crippen LogP contribution is -2.32. The lowest BCUT2D eigenvalue weighted by atomic mass is 10.6. The van der Waals surface area contributed by atoms with Crippen molar-refractivity contribution in [2.24, 2.45) is 0 Å². The van der Waals surface area contributed by atoms with E-state index in [1.54, 1.807) is 11.6 Å². The molecule has 0 bridgehead atoms. The molecule has 0 atom stereocenters. The molecule has 11 heavy (non-hydrogen) atoms. The molecule has 0 aromatic heterocycles. The SMILES string of the molecule is CCCS(=O)(=O)NC(=O)OC. The molecule has 0 fully saturated rings. The summed E-state index contributed by atoms with van der Waals surface area (Å²) < 4.78 is 27.4. The van der Waals surface area contributed by atoms with Gasteiger partial charge in [0.25, 0.3) is 0 Å². The number of sulfonamides is 1. The quantitative estimate of drug-likeness (QED) is 0.669. The molecule has 0 aliphatic rings. The summed E-state index contributed by atoms with van der Waals surface area (Å²) in [6.07, 6.45) is -0.481. The summed E-state index contributed by atoms with van der Waals surface area (Å²) in [4.78, 5) is 10.4. The van der Waals surface area contributed by atoms with E-state index in [2.05, 4.69) is 4.74 Å². The van der Waals surface area contributed by atoms with Gasteiger partial charge >= 0.3 is 6.09 Å². The number of carbonyl (C=O) groups excluding carboxylic acids is 1. The molecule has 0 spiro atoms. The Morgan fingerprint density at radius 3 is 2.45 bits per heavy atom. The molecular formula is C5H11NO4S. The standard InChI is InChI=1S/C5H11NO4S/c1-3-4-11(8,9)6-5(7)10-2/h3-4H2,1-2H3,(H,6,7). The topological polar surface area (TPSA) is 72.5 Å². The minimum Gasteiger partial charge on any atom is -0.452 e. The van der Waals surface area contributed by atoms with Crippen LogP contribution in [-0.2, 0) is 14.8 Å². The van der Waals surface area contributed by atoms with Crippen molar-refractivity contribution in [2.45, 2.75) is 13.3 Å². The van der Waals surface area contributed by atoms with Crippen LogP contribution in [0.5, 0.6) is 0 Å². The molecule has 1 N–H and O–H groups in total. The van der Waals surface area contributed by atoms with Gasteiger partial charge in [0.2, 0.25) is 10.0 Å². The van der Waals surface area contributed by atoms with Gasteiger partial charge in [-0.2, -0.15) is 0 Å². The lowest BCUT2D eigenvalue weighted by molar-refractivity contribution is 0.177. The Kier molecular flexibility index (Phi) is 3.88. The predicted octanol–water partition coefficient (Wildman–Crippen LogP) is 0.0822. The largest absolute Gasteiger partial charge is 0.452 e. The molecule has 0 heterocycles. The average Bonchev–Trinajstić information content (AvgIpc) is 1.86. The summed E-state index contributed by atoms with van der Waals surface area (Å²) in [5.41, 5.74) is 0. The van der Waals surface area contributed by atoms with Gasteiger partial charge in [0.1, 0.15) is 0 Å². The van der Waals surface area contributed by atoms with Crippen molar-refractivity contribution in [3.8, 4) is 0 Å². The first-order valence-corrected chi connectivity index (χ1v) is 4.75. The van der Waals surface area contributed by atoms with Crippen molar-refractivity contribution in [3.05, 3.63) is 0 Å². The lowest BCUT2D eigenvalue weighted by Gasteiger charge is -2.02. The van der Waals surface area contributed by atoms with Crippen molar-refractivity contribution in [2.75, 3.05) is 12.9 Å². The first-order chi connectivity index (χ1) is 5.02. The van der Waals surface area contributed by atoms with E-state index in [1.165, 1.54) is 0 Å². The highest BCUT2D eigenvalue weighted by molar-refractivity contribution is 7.90. The zero-order valence-electron chi connectivity index (χ0n) is 6.46. The number of amides is 1. The Morgan fingerprint density at radius 2 is 2.09 bits per heavy atom. The maximum atomic E-state index is 10.8. The second kappa shape index (κ2) is 4.17. The van der Waals surface area contributed by atoms with E-state index in [1.807, 2.05) is 0 Å². The number of hydrogen-bond acceptors (Lipinski definition) is 4. The number of ether oxygens (including phenoxy) is 1. The molecule has 0 aliphatic carbocycles. The van der Waals surface area contributed by atoms with Crippen LogP contribution in [0.15, 0.2) is 0 Å². The average molecular weight is 181 g/mol. The van der Waals surface area contributed by atoms with Gasteiger partial charge < -0.3 is 4.74 Å². The smallest absolute Gasteiger partial charge is 0.420 e. The van der Waals surface area contributed by atoms with Gasteiger partial charge in [-0.25, -0.2) is 17.9 Å². The number of rotatable bonds is 3. The Hall–Kier alpha value is -0.780. The Labute approximate surface area is 65.8 Å². The molecule has 0 aromatic carbocycles. The summed E-state index contributed by atoms with van der Waals surface area (Å²) >= 11 is 0. The van der Waals surface area contributed by atoms with Gasteiger partial charge in [0, 0.05) is 0 Å². The fourth-order valence-electron chi connectivity index (χ4n) is 0.488. The third kappa shape index (κ3) is 4.60. The first kappa shape index (κ1) is 10.2. The second-order valence-corrected chi connectivity index (χ2v) is 3.75. The summed E-state index contributed by atoms with van der Waals surface area (Å²) in [6.45, 7) is 1.70. The van der Waals surface area contributed by atoms with Crippen molar-refractivity contribution in [1.82, 2.24) is 4.72 Å². The second-order valence-electron chi connectivity index (χ2n) is 1.91. The van der Waals surface area contributed by atoms with Crippen LogP contribution in [-0.4, -0.2) is 27.4 Å². The van der Waals surface area contributed by atoms with Gasteiger partial charge in [-0.1, -0.05) is 6.92 Å². The third-order valence-electron chi connectivity index (χ3n) is 0.897. The zero-order valence-corrected chi connectivity index (χ0v) is 7.27. The Morgan fingerprint density at radius 1 is 1.55 bits per heavy atom. The molecule has 6 heteroatoms. The van der Waals surface area contributed by atoms with E-state index in [0.29, 0.717) is 6.42 Å². The van der Waals surface area contributed by atoms with Gasteiger partial charge in [-0.3, -0.25) is 0 Å². The maximum Gasteiger partial charge on any atom is 0.420 e. The maximum absolute atomic E-state index is 10.8. The Balaban J connectivity index is 4.03. The summed E-state index contributed by atoms with van der Waals surface area (Å²) in [5, 5.41) is 0. The van der Waals surface area contributed by atoms with Gasteiger partial charge in [-0.05, 0) is 6.42 Å². The molecule has 0 aliphatic heterocycles. The minimum atomic E-state index is -3.47. The molecule has 1 amide bonds. The van der Waals surface area contributed by atoms with E-state index in [-0.39, 0.29) is 5.75 Å². The normalized spacial score (nSPS) is 10.7. The Bertz CT molecular complexity index is 221. The number of methoxy groups -OCH3 is 1. The van der Waals surface area contributed by atoms with E-state index in [9.17, 15) is 13.2 Å². The van der Waals surface area contributed by atoms with Crippen LogP contribution >= 0.6 is 0 Å². The molecule has 0 saturated carbocycles. The van der Waals surface area contributed by atoms with Gasteiger partial charge in [-0.15, -0.1) is 0 Å². The first-order valence-electron chi connectivity index (χ1n) is 3.10. The van der Waals surface area contributed by atoms with E-state index < -0.39 is 16.1 Å². The summed E-state index contributed by atoms with van der Waals surface area (Å²) in [6, 6.07) is 0. The van der Waals surface area contributed by atoms with Crippen LogP contribution in [0.3, 0.4) is 0 Å². The van der Waals surface area contributed by atoms with E-state index in [0.717, 1.165) is 7.11 Å². The molecule has 0 unspecified atom stereocenters. The van der Waals surface area contributed by atoms with Crippen molar-refractivity contribution >= 4 is 16.1 Å². The third-order valence-corrected chi connectivity index (χ3v) is 2.32. The van der Waals surface area contributed by atoms with Crippen LogP contribution in [0.4, 0.5) is 4.79 Å². The highest BCUT2D eigenvalue weighted by Crippen LogP contribution is 1.88. The number of carbonyl (C=O) groups is 1. The zero-order chi connectivity index (χ0) is 8.91. The van der Waals surface area contributed by atoms with Crippen molar-refractivity contribution < 1.29 is 17.9 Å². The predicted molar refractivity (Wildman–Crippen MR) is 39.6 cm³/mol. The highest BCUT2D eigenvalue weighted by atomic mass is 32.2. The van der Waals surface area contributed by atoms with Crippen LogP contribution in [0.25, 0.3) is 0 Å². The molecule has 0 radical (unpaired) electrons. The van der Waals surface area contributed by atoms with Crippen LogP contribution in [0, 0.1) is 0 Å². The molecule has 5 nitrogen and oxygen atoms in total. The summed E-state index contributed by atoms with van der Waals surface area (Å²) in [5.74, 6) is -0.0674. The fourth-order valence-corrected chi connectivity index (χ4v) is 1.47. The van der Waals surface area contributed by atoms with Crippen molar-refractivity contribution in [3.63, 3.8) is 0 Å². The fraction of sp³-hybridized carbons (Fsp3) is 0.800. The van der Waals surface area contributed by atoms with E-state index in [4.69, 9.17) is 0 Å². The van der Waals surface area contributed by atoms with Crippen LogP contribution in [0.2, 0.25) is 0 Å². The van der Waals surface area contributed by atoms with Gasteiger partial charge in [0.05, 0.1) is 12.9 Å². The van der Waals surface area contributed by atoms with Gasteiger partial charge in [0.15, 0.2) is 0 Å². The number of nitrogens with one attached hydrogen (secondary N) is 1. The van der Waals surface area contributed by atoms with Crippen LogP contribution in [0.1, 0.15) is 13.3 Å².